The number of nitrogens with zero attached hydrogens (tertiary/aromatic N) is 6. The number of carbonyl (C=O) groups is 2. The molecule has 5 heterocycles. The largest absolute Gasteiger partial charge is 0.341 e. The third kappa shape index (κ3) is 6.40. The Morgan fingerprint density at radius 3 is 2.38 bits per heavy atom. The fraction of sp³-hybridized carbons (Fsp3) is 0.529. The molecule has 248 valence electrons. The van der Waals surface area contributed by atoms with Gasteiger partial charge in [0.1, 0.15) is 11.6 Å². The van der Waals surface area contributed by atoms with Crippen LogP contribution in [0.15, 0.2) is 46.0 Å². The van der Waals surface area contributed by atoms with Gasteiger partial charge in [0.05, 0.1) is 16.4 Å². The van der Waals surface area contributed by atoms with Crippen molar-refractivity contribution in [2.24, 2.45) is 0 Å². The van der Waals surface area contributed by atoms with Gasteiger partial charge in [-0.2, -0.15) is 0 Å². The monoisotopic (exact) mass is 641 g/mol. The maximum atomic E-state index is 14.1. The summed E-state index contributed by atoms with van der Waals surface area (Å²) < 4.78 is 1.29. The predicted octanol–water partition coefficient (Wildman–Crippen LogP) is 2.70. The van der Waals surface area contributed by atoms with E-state index in [1.807, 2.05) is 24.0 Å². The normalized spacial score (nSPS) is 19.3. The Labute approximate surface area is 272 Å². The first-order valence-corrected chi connectivity index (χ1v) is 17.0. The second kappa shape index (κ2) is 13.3. The molecule has 7 rings (SSSR count). The number of amides is 3. The number of rotatable bonds is 6. The van der Waals surface area contributed by atoms with Gasteiger partial charge in [0.15, 0.2) is 0 Å². The molecule has 4 aromatic rings. The highest BCUT2D eigenvalue weighted by Gasteiger charge is 2.34. The Hall–Kier alpha value is -4.52. The first-order chi connectivity index (χ1) is 22.9. The summed E-state index contributed by atoms with van der Waals surface area (Å²) >= 11 is 0. The van der Waals surface area contributed by atoms with Crippen LogP contribution in [0.2, 0.25) is 0 Å². The number of carbonyl (C=O) groups excluding carboxylic acids is 2. The van der Waals surface area contributed by atoms with Crippen molar-refractivity contribution in [2.45, 2.75) is 76.4 Å². The van der Waals surface area contributed by atoms with E-state index < -0.39 is 11.7 Å². The summed E-state index contributed by atoms with van der Waals surface area (Å²) in [6.07, 6.45) is 6.92. The van der Waals surface area contributed by atoms with Crippen LogP contribution in [0.1, 0.15) is 62.1 Å². The number of fused-ring (bicyclic) bond motifs is 2. The molecule has 3 N–H and O–H groups in total. The summed E-state index contributed by atoms with van der Waals surface area (Å²) in [5, 5.41) is 14.6. The van der Waals surface area contributed by atoms with Crippen molar-refractivity contribution in [3.05, 3.63) is 68.4 Å². The lowest BCUT2D eigenvalue weighted by Crippen LogP contribution is -2.56. The molecule has 0 bridgehead atoms. The second-order valence-corrected chi connectivity index (χ2v) is 13.3. The molecule has 0 unspecified atom stereocenters. The Kier molecular flexibility index (Phi) is 8.80. The van der Waals surface area contributed by atoms with E-state index in [4.69, 9.17) is 0 Å². The average Bonchev–Trinajstić information content (AvgIpc) is 3.58. The highest BCUT2D eigenvalue weighted by atomic mass is 16.2. The molecular formula is C34H43N9O4. The van der Waals surface area contributed by atoms with Crippen LogP contribution in [0.4, 0.5) is 4.79 Å². The van der Waals surface area contributed by atoms with E-state index in [1.54, 1.807) is 29.2 Å². The molecule has 0 spiro atoms. The minimum atomic E-state index is -0.749. The number of piperidine rings is 3. The number of hydrogen-bond acceptors (Lipinski definition) is 7. The molecule has 2 aromatic carbocycles. The van der Waals surface area contributed by atoms with Crippen molar-refractivity contribution >= 4 is 33.9 Å². The fourth-order valence-corrected chi connectivity index (χ4v) is 7.78. The number of H-pyrrole nitrogens is 2. The van der Waals surface area contributed by atoms with Gasteiger partial charge in [0.25, 0.3) is 5.56 Å². The highest BCUT2D eigenvalue weighted by molar-refractivity contribution is 5.88. The molecule has 0 saturated carbocycles. The second-order valence-electron chi connectivity index (χ2n) is 13.3. The van der Waals surface area contributed by atoms with Crippen molar-refractivity contribution in [2.75, 3.05) is 39.3 Å². The Bertz CT molecular complexity index is 1880. The molecule has 47 heavy (non-hydrogen) atoms. The Morgan fingerprint density at radius 2 is 1.62 bits per heavy atom. The van der Waals surface area contributed by atoms with E-state index in [9.17, 15) is 19.2 Å². The standard InChI is InChI=1S/C34H43N9O4/c1-22-19-23(20-28-30(22)38-39-37-28)21-29(32(45)41-15-9-24(10-16-41)40-13-5-2-6-14-40)36-33(46)42-17-11-25(12-18-42)43-31(44)26-7-3-4-8-27(26)35-34(43)47/h3-4,7-8,19-20,24-25,29H,2,5-6,9-18,21H2,1H3,(H,35,47)(H,36,46)(H,37,38,39)/t29-/m1/s1. The lowest BCUT2D eigenvalue weighted by Gasteiger charge is -2.41. The molecule has 3 saturated heterocycles. The summed E-state index contributed by atoms with van der Waals surface area (Å²) in [5.41, 5.74) is 3.21. The van der Waals surface area contributed by atoms with Crippen LogP contribution in [0.25, 0.3) is 21.9 Å². The topological polar surface area (TPSA) is 152 Å². The molecule has 3 fully saturated rings. The zero-order valence-corrected chi connectivity index (χ0v) is 26.9. The minimum Gasteiger partial charge on any atom is -0.341 e. The first-order valence-electron chi connectivity index (χ1n) is 17.0. The van der Waals surface area contributed by atoms with Gasteiger partial charge in [-0.3, -0.25) is 19.3 Å². The van der Waals surface area contributed by atoms with Crippen LogP contribution in [-0.2, 0) is 11.2 Å². The van der Waals surface area contributed by atoms with Gasteiger partial charge in [-0.15, -0.1) is 5.10 Å². The highest BCUT2D eigenvalue weighted by Crippen LogP contribution is 2.24. The van der Waals surface area contributed by atoms with Gasteiger partial charge in [0.2, 0.25) is 5.91 Å². The molecule has 3 amide bonds. The van der Waals surface area contributed by atoms with Gasteiger partial charge in [-0.1, -0.05) is 29.8 Å². The van der Waals surface area contributed by atoms with Crippen LogP contribution >= 0.6 is 0 Å². The summed E-state index contributed by atoms with van der Waals surface area (Å²) in [6.45, 7) is 6.33. The first kappa shape index (κ1) is 31.1. The van der Waals surface area contributed by atoms with Gasteiger partial charge in [-0.25, -0.2) is 9.59 Å². The summed E-state index contributed by atoms with van der Waals surface area (Å²) in [5.74, 6) is -0.0718. The lowest BCUT2D eigenvalue weighted by atomic mass is 9.97. The van der Waals surface area contributed by atoms with E-state index >= 15 is 0 Å². The number of aromatic amines is 2. The maximum Gasteiger partial charge on any atom is 0.329 e. The summed E-state index contributed by atoms with van der Waals surface area (Å²) in [6, 6.07) is 10.0. The third-order valence-electron chi connectivity index (χ3n) is 10.4. The number of benzene rings is 2. The number of para-hydroxylation sites is 1. The number of likely N-dealkylation sites (tertiary alicyclic amines) is 3. The summed E-state index contributed by atoms with van der Waals surface area (Å²) in [4.78, 5) is 62.9. The maximum absolute atomic E-state index is 14.1. The number of aromatic nitrogens is 5. The predicted molar refractivity (Wildman–Crippen MR) is 178 cm³/mol. The number of hydrogen-bond donors (Lipinski definition) is 3. The number of nitrogens with one attached hydrogen (secondary N) is 3. The van der Waals surface area contributed by atoms with Crippen molar-refractivity contribution in [3.8, 4) is 0 Å². The van der Waals surface area contributed by atoms with Gasteiger partial charge >= 0.3 is 11.7 Å². The Balaban J connectivity index is 1.05. The Morgan fingerprint density at radius 1 is 0.915 bits per heavy atom. The van der Waals surface area contributed by atoms with Gasteiger partial charge in [0, 0.05) is 44.7 Å². The van der Waals surface area contributed by atoms with E-state index in [2.05, 4.69) is 30.6 Å². The smallest absolute Gasteiger partial charge is 0.329 e. The van der Waals surface area contributed by atoms with Crippen LogP contribution in [-0.4, -0.2) is 103 Å². The molecule has 3 aliphatic rings. The van der Waals surface area contributed by atoms with Crippen molar-refractivity contribution < 1.29 is 9.59 Å². The van der Waals surface area contributed by atoms with E-state index in [-0.39, 0.29) is 23.5 Å². The SMILES string of the molecule is Cc1cc(C[C@@H](NC(=O)N2CCC(n3c(=O)[nH]c4ccccc4c3=O)CC2)C(=O)N2CCC(N3CCCCC3)CC2)cc2nn[nH]c12. The molecule has 1 atom stereocenters. The van der Waals surface area contributed by atoms with E-state index in [1.165, 1.54) is 23.8 Å². The third-order valence-corrected chi connectivity index (χ3v) is 10.4. The fourth-order valence-electron chi connectivity index (χ4n) is 7.78. The van der Waals surface area contributed by atoms with Gasteiger partial charge < -0.3 is 25.0 Å². The molecule has 0 aliphatic carbocycles. The van der Waals surface area contributed by atoms with Crippen LogP contribution < -0.4 is 16.6 Å². The summed E-state index contributed by atoms with van der Waals surface area (Å²) in [7, 11) is 0. The average molecular weight is 642 g/mol. The number of aryl methyl sites for hydroxylation is 1. The minimum absolute atomic E-state index is 0.0718. The quantitative estimate of drug-likeness (QED) is 0.293. The van der Waals surface area contributed by atoms with Crippen LogP contribution in [0.5, 0.6) is 0 Å². The zero-order valence-electron chi connectivity index (χ0n) is 26.9. The number of urea groups is 1. The van der Waals surface area contributed by atoms with Crippen molar-refractivity contribution in [3.63, 3.8) is 0 Å². The van der Waals surface area contributed by atoms with Gasteiger partial charge in [-0.05, 0) is 87.9 Å². The van der Waals surface area contributed by atoms with Crippen molar-refractivity contribution in [1.82, 2.24) is 45.0 Å². The van der Waals surface area contributed by atoms with E-state index in [0.717, 1.165) is 48.1 Å². The van der Waals surface area contributed by atoms with Crippen LogP contribution in [0.3, 0.4) is 0 Å². The van der Waals surface area contributed by atoms with Crippen LogP contribution in [0, 0.1) is 6.92 Å². The lowest BCUT2D eigenvalue weighted by molar-refractivity contribution is -0.134. The molecule has 3 aliphatic heterocycles. The molecular weight excluding hydrogens is 598 g/mol. The van der Waals surface area contributed by atoms with Crippen molar-refractivity contribution in [1.29, 1.82) is 0 Å². The van der Waals surface area contributed by atoms with E-state index in [0.29, 0.717) is 62.4 Å². The zero-order chi connectivity index (χ0) is 32.5. The molecule has 13 heteroatoms. The molecule has 13 nitrogen and oxygen atoms in total. The molecule has 0 radical (unpaired) electrons. The molecule has 2 aromatic heterocycles.